The molecule has 1 aromatic heterocycles. The van der Waals surface area contributed by atoms with Crippen molar-refractivity contribution in [2.24, 2.45) is 7.05 Å². The highest BCUT2D eigenvalue weighted by Gasteiger charge is 2.41. The molecule has 0 unspecified atom stereocenters. The molecule has 0 radical (unpaired) electrons. The topological polar surface area (TPSA) is 65.4 Å². The van der Waals surface area contributed by atoms with Crippen LogP contribution in [0.4, 0.5) is 10.5 Å². The Bertz CT molecular complexity index is 994. The number of hydrogen-bond acceptors (Lipinski definition) is 4. The van der Waals surface area contributed by atoms with Gasteiger partial charge < -0.3 is 9.47 Å². The Labute approximate surface area is 170 Å². The highest BCUT2D eigenvalue weighted by Crippen LogP contribution is 2.37. The summed E-state index contributed by atoms with van der Waals surface area (Å²) in [5, 5.41) is 7.43. The molecule has 1 amide bonds. The maximum absolute atomic E-state index is 12.2. The van der Waals surface area contributed by atoms with Crippen LogP contribution in [-0.2, 0) is 35.0 Å². The summed E-state index contributed by atoms with van der Waals surface area (Å²) < 4.78 is 12.7. The van der Waals surface area contributed by atoms with E-state index in [0.29, 0.717) is 18.9 Å². The molecule has 2 heterocycles. The Morgan fingerprint density at radius 2 is 2.00 bits per heavy atom. The van der Waals surface area contributed by atoms with Crippen LogP contribution in [0.5, 0.6) is 0 Å². The lowest BCUT2D eigenvalue weighted by atomic mass is 9.74. The first kappa shape index (κ1) is 19.2. The molecule has 6 nitrogen and oxygen atoms in total. The van der Waals surface area contributed by atoms with E-state index in [2.05, 4.69) is 23.4 Å². The van der Waals surface area contributed by atoms with Gasteiger partial charge in [0.25, 0.3) is 0 Å². The summed E-state index contributed by atoms with van der Waals surface area (Å²) in [5.74, 6) is 0. The molecule has 150 valence electrons. The van der Waals surface area contributed by atoms with Gasteiger partial charge in [0.15, 0.2) is 0 Å². The summed E-state index contributed by atoms with van der Waals surface area (Å²) in [6, 6.07) is 17.5. The summed E-state index contributed by atoms with van der Waals surface area (Å²) in [6.45, 7) is 3.61. The van der Waals surface area contributed by atoms with Crippen LogP contribution in [0.25, 0.3) is 0 Å². The van der Waals surface area contributed by atoms with Gasteiger partial charge in [0.05, 0.1) is 18.9 Å². The van der Waals surface area contributed by atoms with Crippen LogP contribution in [0, 0.1) is 6.92 Å². The van der Waals surface area contributed by atoms with Crippen molar-refractivity contribution in [3.8, 4) is 0 Å². The van der Waals surface area contributed by atoms with Crippen molar-refractivity contribution in [2.45, 2.75) is 25.4 Å². The number of benzene rings is 2. The Kier molecular flexibility index (Phi) is 5.36. The number of nitrogens with zero attached hydrogens (tertiary/aromatic N) is 2. The SMILES string of the molecule is Cc1cn(C)nc1CC1(c2cccc(NC(=O)OCc3ccccc3)c2)COC1. The van der Waals surface area contributed by atoms with E-state index in [4.69, 9.17) is 9.47 Å². The number of ether oxygens (including phenoxy) is 2. The number of anilines is 1. The molecule has 29 heavy (non-hydrogen) atoms. The van der Waals surface area contributed by atoms with Crippen LogP contribution in [0.3, 0.4) is 0 Å². The van der Waals surface area contributed by atoms with Gasteiger partial charge in [-0.2, -0.15) is 5.10 Å². The van der Waals surface area contributed by atoms with Gasteiger partial charge >= 0.3 is 6.09 Å². The molecule has 3 aromatic rings. The Morgan fingerprint density at radius 1 is 1.21 bits per heavy atom. The number of carbonyl (C=O) groups excluding carboxylic acids is 1. The minimum Gasteiger partial charge on any atom is -0.444 e. The zero-order valence-electron chi connectivity index (χ0n) is 16.7. The van der Waals surface area contributed by atoms with E-state index < -0.39 is 6.09 Å². The van der Waals surface area contributed by atoms with Crippen molar-refractivity contribution >= 4 is 11.8 Å². The number of rotatable bonds is 6. The summed E-state index contributed by atoms with van der Waals surface area (Å²) >= 11 is 0. The average Bonchev–Trinajstić information content (AvgIpc) is 3.01. The Morgan fingerprint density at radius 3 is 2.66 bits per heavy atom. The van der Waals surface area contributed by atoms with Crippen LogP contribution in [0.1, 0.15) is 22.4 Å². The molecule has 1 fully saturated rings. The van der Waals surface area contributed by atoms with Crippen LogP contribution in [-0.4, -0.2) is 29.1 Å². The van der Waals surface area contributed by atoms with Gasteiger partial charge in [-0.25, -0.2) is 4.79 Å². The predicted molar refractivity (Wildman–Crippen MR) is 111 cm³/mol. The van der Waals surface area contributed by atoms with Gasteiger partial charge in [0.2, 0.25) is 0 Å². The third-order valence-electron chi connectivity index (χ3n) is 5.31. The van der Waals surface area contributed by atoms with E-state index >= 15 is 0 Å². The van der Waals surface area contributed by atoms with E-state index in [1.807, 2.05) is 66.5 Å². The Hall–Kier alpha value is -3.12. The normalized spacial score (nSPS) is 14.8. The molecule has 2 aromatic carbocycles. The third kappa shape index (κ3) is 4.32. The lowest BCUT2D eigenvalue weighted by molar-refractivity contribution is -0.0604. The summed E-state index contributed by atoms with van der Waals surface area (Å²) in [5.41, 5.74) is 4.94. The molecule has 1 saturated heterocycles. The van der Waals surface area contributed by atoms with Crippen LogP contribution in [0.2, 0.25) is 0 Å². The predicted octanol–water partition coefficient (Wildman–Crippen LogP) is 3.99. The number of aryl methyl sites for hydroxylation is 2. The number of nitrogens with one attached hydrogen (secondary N) is 1. The molecule has 0 bridgehead atoms. The lowest BCUT2D eigenvalue weighted by Gasteiger charge is -2.42. The van der Waals surface area contributed by atoms with Crippen LogP contribution < -0.4 is 5.32 Å². The van der Waals surface area contributed by atoms with Crippen molar-refractivity contribution in [3.63, 3.8) is 0 Å². The molecule has 1 aliphatic rings. The fourth-order valence-electron chi connectivity index (χ4n) is 3.67. The van der Waals surface area contributed by atoms with E-state index in [1.165, 1.54) is 5.56 Å². The fourth-order valence-corrected chi connectivity index (χ4v) is 3.67. The lowest BCUT2D eigenvalue weighted by Crippen LogP contribution is -2.48. The first-order valence-electron chi connectivity index (χ1n) is 9.69. The third-order valence-corrected chi connectivity index (χ3v) is 5.31. The molecular formula is C23H25N3O3. The van der Waals surface area contributed by atoms with E-state index in [9.17, 15) is 4.79 Å². The molecule has 0 atom stereocenters. The molecule has 1 N–H and O–H groups in total. The van der Waals surface area contributed by atoms with Crippen LogP contribution >= 0.6 is 0 Å². The van der Waals surface area contributed by atoms with Crippen molar-refractivity contribution in [1.82, 2.24) is 9.78 Å². The zero-order valence-corrected chi connectivity index (χ0v) is 16.7. The van der Waals surface area contributed by atoms with Crippen molar-refractivity contribution < 1.29 is 14.3 Å². The fraction of sp³-hybridized carbons (Fsp3) is 0.304. The highest BCUT2D eigenvalue weighted by atomic mass is 16.5. The van der Waals surface area contributed by atoms with Crippen molar-refractivity contribution in [1.29, 1.82) is 0 Å². The first-order chi connectivity index (χ1) is 14.0. The van der Waals surface area contributed by atoms with Gasteiger partial charge in [0, 0.05) is 30.8 Å². The average molecular weight is 391 g/mol. The van der Waals surface area contributed by atoms with Crippen LogP contribution in [0.15, 0.2) is 60.8 Å². The molecule has 1 aliphatic heterocycles. The number of amides is 1. The van der Waals surface area contributed by atoms with Gasteiger partial charge in [-0.1, -0.05) is 42.5 Å². The van der Waals surface area contributed by atoms with Gasteiger partial charge in [-0.05, 0) is 35.7 Å². The van der Waals surface area contributed by atoms with Gasteiger partial charge in [-0.15, -0.1) is 0 Å². The smallest absolute Gasteiger partial charge is 0.411 e. The maximum atomic E-state index is 12.2. The van der Waals surface area contributed by atoms with Gasteiger partial charge in [0.1, 0.15) is 6.61 Å². The number of aromatic nitrogens is 2. The maximum Gasteiger partial charge on any atom is 0.411 e. The molecule has 4 rings (SSSR count). The standard InChI is InChI=1S/C23H25N3O3/c1-17-13-26(2)25-21(17)12-23(15-28-16-23)19-9-6-10-20(11-19)24-22(27)29-14-18-7-4-3-5-8-18/h3-11,13H,12,14-16H2,1-2H3,(H,24,27). The number of carbonyl (C=O) groups is 1. The molecule has 0 saturated carbocycles. The first-order valence-corrected chi connectivity index (χ1v) is 9.69. The van der Waals surface area contributed by atoms with E-state index in [1.54, 1.807) is 0 Å². The molecule has 6 heteroatoms. The molecule has 0 aliphatic carbocycles. The summed E-state index contributed by atoms with van der Waals surface area (Å²) in [4.78, 5) is 12.2. The monoisotopic (exact) mass is 391 g/mol. The minimum atomic E-state index is -0.467. The highest BCUT2D eigenvalue weighted by molar-refractivity contribution is 5.84. The second kappa shape index (κ2) is 8.09. The Balaban J connectivity index is 1.44. The van der Waals surface area contributed by atoms with E-state index in [0.717, 1.165) is 23.2 Å². The summed E-state index contributed by atoms with van der Waals surface area (Å²) in [7, 11) is 1.94. The van der Waals surface area contributed by atoms with Crippen molar-refractivity contribution in [2.75, 3.05) is 18.5 Å². The zero-order chi connectivity index (χ0) is 20.3. The van der Waals surface area contributed by atoms with Crippen molar-refractivity contribution in [3.05, 3.63) is 83.2 Å². The molecular weight excluding hydrogens is 366 g/mol. The minimum absolute atomic E-state index is 0.120. The largest absolute Gasteiger partial charge is 0.444 e. The van der Waals surface area contributed by atoms with Gasteiger partial charge in [-0.3, -0.25) is 10.00 Å². The molecule has 0 spiro atoms. The number of hydrogen-bond donors (Lipinski definition) is 1. The quantitative estimate of drug-likeness (QED) is 0.690. The second-order valence-electron chi connectivity index (χ2n) is 7.65. The second-order valence-corrected chi connectivity index (χ2v) is 7.65. The van der Waals surface area contributed by atoms with E-state index in [-0.39, 0.29) is 12.0 Å². The summed E-state index contributed by atoms with van der Waals surface area (Å²) in [6.07, 6.45) is 2.37.